The van der Waals surface area contributed by atoms with Crippen molar-refractivity contribution in [1.82, 2.24) is 9.80 Å². The van der Waals surface area contributed by atoms with Gasteiger partial charge in [-0.2, -0.15) is 0 Å². The molecule has 20 heavy (non-hydrogen) atoms. The molecule has 1 amide bonds. The molecule has 3 heteroatoms. The van der Waals surface area contributed by atoms with Gasteiger partial charge in [-0.15, -0.1) is 0 Å². The summed E-state index contributed by atoms with van der Waals surface area (Å²) < 4.78 is 0. The minimum atomic E-state index is 0.212. The molecule has 110 valence electrons. The van der Waals surface area contributed by atoms with Crippen LogP contribution in [-0.2, 0) is 11.3 Å². The molecule has 1 aliphatic rings. The van der Waals surface area contributed by atoms with E-state index in [9.17, 15) is 4.79 Å². The average Bonchev–Trinajstić information content (AvgIpc) is 2.82. The van der Waals surface area contributed by atoms with Crippen LogP contribution in [0.3, 0.4) is 0 Å². The lowest BCUT2D eigenvalue weighted by Crippen LogP contribution is -2.30. The summed E-state index contributed by atoms with van der Waals surface area (Å²) in [6.07, 6.45) is 1.14. The number of benzene rings is 1. The van der Waals surface area contributed by atoms with Crippen LogP contribution in [0.2, 0.25) is 0 Å². The van der Waals surface area contributed by atoms with Crippen LogP contribution in [0.4, 0.5) is 0 Å². The fourth-order valence-electron chi connectivity index (χ4n) is 2.99. The largest absolute Gasteiger partial charge is 0.343 e. The monoisotopic (exact) mass is 274 g/mol. The van der Waals surface area contributed by atoms with Gasteiger partial charge in [0.2, 0.25) is 5.91 Å². The van der Waals surface area contributed by atoms with Crippen molar-refractivity contribution in [3.8, 4) is 0 Å². The zero-order valence-corrected chi connectivity index (χ0v) is 13.1. The van der Waals surface area contributed by atoms with Crippen molar-refractivity contribution in [1.29, 1.82) is 0 Å². The molecule has 0 radical (unpaired) electrons. The molecule has 0 aliphatic carbocycles. The Morgan fingerprint density at radius 3 is 2.70 bits per heavy atom. The summed E-state index contributed by atoms with van der Waals surface area (Å²) in [4.78, 5) is 15.7. The molecule has 1 fully saturated rings. The number of carbonyl (C=O) groups is 1. The van der Waals surface area contributed by atoms with Gasteiger partial charge in [-0.1, -0.05) is 18.2 Å². The van der Waals surface area contributed by atoms with Crippen LogP contribution in [-0.4, -0.2) is 42.4 Å². The van der Waals surface area contributed by atoms with Gasteiger partial charge in [0.25, 0.3) is 0 Å². The van der Waals surface area contributed by atoms with E-state index in [0.29, 0.717) is 5.92 Å². The minimum absolute atomic E-state index is 0.212. The van der Waals surface area contributed by atoms with E-state index in [1.165, 1.54) is 16.7 Å². The standard InChI is InChI=1S/C17H26N2O/c1-13-5-6-16(9-14(13)2)10-18(4)11-17-7-8-19(12-17)15(3)20/h5-6,9,17H,7-8,10-12H2,1-4H3. The van der Waals surface area contributed by atoms with Gasteiger partial charge in [-0.3, -0.25) is 4.79 Å². The van der Waals surface area contributed by atoms with Crippen LogP contribution >= 0.6 is 0 Å². The SMILES string of the molecule is CC(=O)N1CCC(CN(C)Cc2ccc(C)c(C)c2)C1. The first kappa shape index (κ1) is 15.0. The van der Waals surface area contributed by atoms with Gasteiger partial charge >= 0.3 is 0 Å². The van der Waals surface area contributed by atoms with Crippen LogP contribution in [0, 0.1) is 19.8 Å². The van der Waals surface area contributed by atoms with Gasteiger partial charge in [0.1, 0.15) is 0 Å². The molecule has 0 aromatic heterocycles. The molecule has 1 heterocycles. The number of hydrogen-bond donors (Lipinski definition) is 0. The van der Waals surface area contributed by atoms with Crippen LogP contribution in [0.25, 0.3) is 0 Å². The van der Waals surface area contributed by atoms with Crippen molar-refractivity contribution in [2.75, 3.05) is 26.7 Å². The van der Waals surface area contributed by atoms with E-state index in [2.05, 4.69) is 44.0 Å². The normalized spacial score (nSPS) is 18.9. The molecule has 2 rings (SSSR count). The highest BCUT2D eigenvalue weighted by Gasteiger charge is 2.24. The van der Waals surface area contributed by atoms with Crippen molar-refractivity contribution in [2.45, 2.75) is 33.7 Å². The van der Waals surface area contributed by atoms with E-state index in [4.69, 9.17) is 0 Å². The first-order valence-electron chi connectivity index (χ1n) is 7.46. The maximum atomic E-state index is 11.4. The Morgan fingerprint density at radius 1 is 1.35 bits per heavy atom. The summed E-state index contributed by atoms with van der Waals surface area (Å²) in [5.74, 6) is 0.833. The van der Waals surface area contributed by atoms with E-state index in [1.54, 1.807) is 6.92 Å². The zero-order chi connectivity index (χ0) is 14.7. The van der Waals surface area contributed by atoms with Crippen molar-refractivity contribution in [3.63, 3.8) is 0 Å². The smallest absolute Gasteiger partial charge is 0.219 e. The minimum Gasteiger partial charge on any atom is -0.343 e. The molecular weight excluding hydrogens is 248 g/mol. The van der Waals surface area contributed by atoms with E-state index in [1.807, 2.05) is 4.90 Å². The van der Waals surface area contributed by atoms with E-state index >= 15 is 0 Å². The summed E-state index contributed by atoms with van der Waals surface area (Å²) in [6.45, 7) is 9.89. The molecule has 1 unspecified atom stereocenters. The number of likely N-dealkylation sites (tertiary alicyclic amines) is 1. The molecule has 0 saturated carbocycles. The second-order valence-corrected chi connectivity index (χ2v) is 6.24. The molecular formula is C17H26N2O. The van der Waals surface area contributed by atoms with Crippen molar-refractivity contribution >= 4 is 5.91 Å². The summed E-state index contributed by atoms with van der Waals surface area (Å²) >= 11 is 0. The topological polar surface area (TPSA) is 23.6 Å². The summed E-state index contributed by atoms with van der Waals surface area (Å²) in [7, 11) is 2.17. The molecule has 0 N–H and O–H groups in total. The first-order chi connectivity index (χ1) is 9.45. The molecule has 1 atom stereocenters. The van der Waals surface area contributed by atoms with E-state index in [-0.39, 0.29) is 5.91 Å². The Labute approximate surface area is 122 Å². The number of hydrogen-bond acceptors (Lipinski definition) is 2. The van der Waals surface area contributed by atoms with E-state index in [0.717, 1.165) is 32.6 Å². The van der Waals surface area contributed by atoms with Crippen LogP contribution in [0.15, 0.2) is 18.2 Å². The van der Waals surface area contributed by atoms with Gasteiger partial charge in [0.05, 0.1) is 0 Å². The lowest BCUT2D eigenvalue weighted by Gasteiger charge is -2.21. The van der Waals surface area contributed by atoms with Gasteiger partial charge in [0.15, 0.2) is 0 Å². The summed E-state index contributed by atoms with van der Waals surface area (Å²) in [5, 5.41) is 0. The Morgan fingerprint density at radius 2 is 2.10 bits per heavy atom. The van der Waals surface area contributed by atoms with Crippen LogP contribution < -0.4 is 0 Å². The molecule has 3 nitrogen and oxygen atoms in total. The van der Waals surface area contributed by atoms with Gasteiger partial charge in [-0.25, -0.2) is 0 Å². The van der Waals surface area contributed by atoms with Crippen LogP contribution in [0.1, 0.15) is 30.0 Å². The van der Waals surface area contributed by atoms with Gasteiger partial charge in [-0.05, 0) is 49.9 Å². The first-order valence-corrected chi connectivity index (χ1v) is 7.46. The quantitative estimate of drug-likeness (QED) is 0.842. The Hall–Kier alpha value is -1.35. The molecule has 0 bridgehead atoms. The molecule has 1 aromatic rings. The van der Waals surface area contributed by atoms with Crippen molar-refractivity contribution < 1.29 is 4.79 Å². The second kappa shape index (κ2) is 6.40. The third kappa shape index (κ3) is 3.83. The third-order valence-electron chi connectivity index (χ3n) is 4.32. The predicted molar refractivity (Wildman–Crippen MR) is 82.6 cm³/mol. The maximum Gasteiger partial charge on any atom is 0.219 e. The predicted octanol–water partition coefficient (Wildman–Crippen LogP) is 2.60. The fourth-order valence-corrected chi connectivity index (χ4v) is 2.99. The number of amides is 1. The lowest BCUT2D eigenvalue weighted by molar-refractivity contribution is -0.127. The number of carbonyl (C=O) groups excluding carboxylic acids is 1. The molecule has 0 spiro atoms. The second-order valence-electron chi connectivity index (χ2n) is 6.24. The third-order valence-corrected chi connectivity index (χ3v) is 4.32. The van der Waals surface area contributed by atoms with Gasteiger partial charge in [0, 0.05) is 33.1 Å². The van der Waals surface area contributed by atoms with E-state index < -0.39 is 0 Å². The number of rotatable bonds is 4. The number of aryl methyl sites for hydroxylation is 2. The fraction of sp³-hybridized carbons (Fsp3) is 0.588. The summed E-state index contributed by atoms with van der Waals surface area (Å²) in [5.41, 5.74) is 4.08. The van der Waals surface area contributed by atoms with Crippen LogP contribution in [0.5, 0.6) is 0 Å². The highest BCUT2D eigenvalue weighted by atomic mass is 16.2. The van der Waals surface area contributed by atoms with Crippen molar-refractivity contribution in [2.24, 2.45) is 5.92 Å². The molecule has 1 saturated heterocycles. The molecule has 1 aromatic carbocycles. The Balaban J connectivity index is 1.85. The zero-order valence-electron chi connectivity index (χ0n) is 13.1. The Bertz CT molecular complexity index is 484. The summed E-state index contributed by atoms with van der Waals surface area (Å²) in [6, 6.07) is 6.70. The number of nitrogens with zero attached hydrogens (tertiary/aromatic N) is 2. The lowest BCUT2D eigenvalue weighted by atomic mass is 10.1. The maximum absolute atomic E-state index is 11.4. The van der Waals surface area contributed by atoms with Gasteiger partial charge < -0.3 is 9.80 Å². The Kier molecular flexibility index (Phi) is 4.81. The highest BCUT2D eigenvalue weighted by Crippen LogP contribution is 2.18. The average molecular weight is 274 g/mol. The highest BCUT2D eigenvalue weighted by molar-refractivity contribution is 5.73. The molecule has 1 aliphatic heterocycles. The van der Waals surface area contributed by atoms with Crippen molar-refractivity contribution in [3.05, 3.63) is 34.9 Å².